The summed E-state index contributed by atoms with van der Waals surface area (Å²) in [5.74, 6) is 0.278. The predicted octanol–water partition coefficient (Wildman–Crippen LogP) is 3.67. The molecule has 4 aromatic rings. The molecule has 3 heterocycles. The molecule has 0 atom stereocenters. The lowest BCUT2D eigenvalue weighted by Crippen LogP contribution is -2.37. The van der Waals surface area contributed by atoms with Crippen molar-refractivity contribution in [1.82, 2.24) is 29.8 Å². The summed E-state index contributed by atoms with van der Waals surface area (Å²) in [5, 5.41) is 17.6. The molecule has 0 fully saturated rings. The van der Waals surface area contributed by atoms with Crippen LogP contribution in [0.3, 0.4) is 0 Å². The van der Waals surface area contributed by atoms with Gasteiger partial charge in [0.2, 0.25) is 10.0 Å². The normalized spacial score (nSPS) is 14.8. The number of halogens is 1. The number of nitrogens with zero attached hydrogens (tertiary/aromatic N) is 3. The number of aromatic hydroxyl groups is 1. The maximum atomic E-state index is 15.6. The first-order chi connectivity index (χ1) is 17.7. The Morgan fingerprint density at radius 2 is 2.03 bits per heavy atom. The summed E-state index contributed by atoms with van der Waals surface area (Å²) in [4.78, 5) is 10.0. The third-order valence-electron chi connectivity index (χ3n) is 6.61. The van der Waals surface area contributed by atoms with E-state index in [9.17, 15) is 13.5 Å². The Hall–Kier alpha value is -3.54. The van der Waals surface area contributed by atoms with Crippen LogP contribution in [0.25, 0.3) is 39.1 Å². The van der Waals surface area contributed by atoms with Gasteiger partial charge in [0.05, 0.1) is 18.1 Å². The van der Waals surface area contributed by atoms with Gasteiger partial charge in [-0.3, -0.25) is 10.00 Å². The van der Waals surface area contributed by atoms with E-state index in [4.69, 9.17) is 0 Å². The van der Waals surface area contributed by atoms with Crippen molar-refractivity contribution in [2.45, 2.75) is 19.8 Å². The minimum absolute atomic E-state index is 0.152. The molecule has 1 aliphatic heterocycles. The van der Waals surface area contributed by atoms with E-state index in [2.05, 4.69) is 35.9 Å². The maximum absolute atomic E-state index is 15.6. The van der Waals surface area contributed by atoms with Crippen LogP contribution in [0.2, 0.25) is 0 Å². The van der Waals surface area contributed by atoms with Gasteiger partial charge in [0, 0.05) is 37.1 Å². The van der Waals surface area contributed by atoms with Crippen LogP contribution in [0.15, 0.2) is 42.6 Å². The third-order valence-corrected chi connectivity index (χ3v) is 7.33. The van der Waals surface area contributed by atoms with Crippen molar-refractivity contribution in [3.63, 3.8) is 0 Å². The first-order valence-electron chi connectivity index (χ1n) is 12.1. The van der Waals surface area contributed by atoms with Gasteiger partial charge in [-0.15, -0.1) is 0 Å². The predicted molar refractivity (Wildman–Crippen MR) is 142 cm³/mol. The zero-order chi connectivity index (χ0) is 26.2. The number of phenolic OH excluding ortho intramolecular Hbond substituents is 1. The summed E-state index contributed by atoms with van der Waals surface area (Å²) >= 11 is 0. The molecule has 0 radical (unpaired) electrons. The van der Waals surface area contributed by atoms with E-state index < -0.39 is 15.8 Å². The molecule has 0 saturated heterocycles. The average Bonchev–Trinajstić information content (AvgIpc) is 3.52. The standard InChI is InChI=1S/C26H29FN6O3S/c1-3-16-13-18(34)6-7-19(16)20-8-9-21-24(23(20)27)31-32-25(21)26-28-14-22(30-26)17-5-4-11-33(15-17)12-10-29-37(2,35)36/h5-9,13-14,29,34H,3-4,10-12,15H2,1-2H3,(H,28,30)(H,31,32). The van der Waals surface area contributed by atoms with E-state index >= 15 is 4.39 Å². The van der Waals surface area contributed by atoms with Crippen LogP contribution in [0.1, 0.15) is 24.6 Å². The van der Waals surface area contributed by atoms with Gasteiger partial charge in [0.1, 0.15) is 17.0 Å². The molecule has 0 bridgehead atoms. The number of hydrogen-bond acceptors (Lipinski definition) is 6. The molecule has 0 unspecified atom stereocenters. The van der Waals surface area contributed by atoms with Crippen LogP contribution in [0, 0.1) is 5.82 Å². The van der Waals surface area contributed by atoms with Gasteiger partial charge < -0.3 is 10.1 Å². The van der Waals surface area contributed by atoms with E-state index in [-0.39, 0.29) is 11.3 Å². The van der Waals surface area contributed by atoms with Crippen molar-refractivity contribution >= 4 is 26.5 Å². The minimum Gasteiger partial charge on any atom is -0.508 e. The Kier molecular flexibility index (Phi) is 6.84. The molecule has 5 rings (SSSR count). The molecule has 0 amide bonds. The van der Waals surface area contributed by atoms with Gasteiger partial charge in [0.15, 0.2) is 11.6 Å². The SMILES string of the molecule is CCc1cc(O)ccc1-c1ccc2c(-c3ncc(C4=CCCN(CCNS(C)(=O)=O)C4)[nH]3)[nH]nc2c1F. The number of H-pyrrole nitrogens is 2. The summed E-state index contributed by atoms with van der Waals surface area (Å²) in [6.45, 7) is 4.45. The molecule has 9 nitrogen and oxygen atoms in total. The van der Waals surface area contributed by atoms with Crippen molar-refractivity contribution < 1.29 is 17.9 Å². The topological polar surface area (TPSA) is 127 Å². The summed E-state index contributed by atoms with van der Waals surface area (Å²) in [5.41, 5.74) is 4.76. The second kappa shape index (κ2) is 10.1. The highest BCUT2D eigenvalue weighted by Gasteiger charge is 2.20. The second-order valence-corrected chi connectivity index (χ2v) is 11.1. The van der Waals surface area contributed by atoms with Crippen LogP contribution in [-0.2, 0) is 16.4 Å². The fourth-order valence-corrected chi connectivity index (χ4v) is 5.23. The van der Waals surface area contributed by atoms with Crippen LogP contribution in [-0.4, -0.2) is 71.0 Å². The number of aromatic nitrogens is 4. The Labute approximate surface area is 214 Å². The smallest absolute Gasteiger partial charge is 0.208 e. The molecule has 37 heavy (non-hydrogen) atoms. The zero-order valence-electron chi connectivity index (χ0n) is 20.7. The van der Waals surface area contributed by atoms with E-state index in [0.717, 1.165) is 41.6 Å². The highest BCUT2D eigenvalue weighted by molar-refractivity contribution is 7.88. The quantitative estimate of drug-likeness (QED) is 0.279. The van der Waals surface area contributed by atoms with Crippen molar-refractivity contribution in [2.75, 3.05) is 32.4 Å². The van der Waals surface area contributed by atoms with Gasteiger partial charge in [0.25, 0.3) is 0 Å². The molecular weight excluding hydrogens is 495 g/mol. The average molecular weight is 525 g/mol. The number of rotatable bonds is 8. The van der Waals surface area contributed by atoms with E-state index in [0.29, 0.717) is 48.5 Å². The lowest BCUT2D eigenvalue weighted by atomic mass is 9.96. The number of benzene rings is 2. The van der Waals surface area contributed by atoms with Crippen LogP contribution in [0.5, 0.6) is 5.75 Å². The molecule has 0 saturated carbocycles. The molecule has 1 aliphatic rings. The first-order valence-corrected chi connectivity index (χ1v) is 14.0. The van der Waals surface area contributed by atoms with Crippen molar-refractivity contribution in [3.8, 4) is 28.4 Å². The Morgan fingerprint density at radius 1 is 1.22 bits per heavy atom. The van der Waals surface area contributed by atoms with Gasteiger partial charge in [-0.25, -0.2) is 22.5 Å². The highest BCUT2D eigenvalue weighted by Crippen LogP contribution is 2.35. The number of fused-ring (bicyclic) bond motifs is 1. The molecule has 4 N–H and O–H groups in total. The molecule has 0 spiro atoms. The van der Waals surface area contributed by atoms with Crippen molar-refractivity contribution in [2.24, 2.45) is 0 Å². The van der Waals surface area contributed by atoms with E-state index in [1.807, 2.05) is 13.0 Å². The number of hydrogen-bond donors (Lipinski definition) is 4. The maximum Gasteiger partial charge on any atom is 0.208 e. The number of imidazole rings is 1. The fraction of sp³-hybridized carbons (Fsp3) is 0.308. The Balaban J connectivity index is 1.38. The van der Waals surface area contributed by atoms with Crippen molar-refractivity contribution in [3.05, 3.63) is 59.7 Å². The van der Waals surface area contributed by atoms with E-state index in [1.54, 1.807) is 30.5 Å². The van der Waals surface area contributed by atoms with Crippen molar-refractivity contribution in [1.29, 1.82) is 0 Å². The molecule has 2 aromatic heterocycles. The molecule has 11 heteroatoms. The summed E-state index contributed by atoms with van der Waals surface area (Å²) in [6, 6.07) is 8.50. The lowest BCUT2D eigenvalue weighted by molar-refractivity contribution is 0.309. The summed E-state index contributed by atoms with van der Waals surface area (Å²) in [6.07, 6.45) is 6.56. The highest BCUT2D eigenvalue weighted by atomic mass is 32.2. The molecule has 2 aromatic carbocycles. The van der Waals surface area contributed by atoms with E-state index in [1.165, 1.54) is 0 Å². The molecule has 194 valence electrons. The summed E-state index contributed by atoms with van der Waals surface area (Å²) in [7, 11) is -3.21. The fourth-order valence-electron chi connectivity index (χ4n) is 4.76. The minimum atomic E-state index is -3.21. The zero-order valence-corrected chi connectivity index (χ0v) is 21.5. The van der Waals surface area contributed by atoms with Crippen LogP contribution < -0.4 is 4.72 Å². The Morgan fingerprint density at radius 3 is 2.81 bits per heavy atom. The monoisotopic (exact) mass is 524 g/mol. The second-order valence-electron chi connectivity index (χ2n) is 9.22. The molecular formula is C26H29FN6O3S. The van der Waals surface area contributed by atoms with Crippen LogP contribution in [0.4, 0.5) is 4.39 Å². The largest absolute Gasteiger partial charge is 0.508 e. The molecule has 0 aliphatic carbocycles. The van der Waals surface area contributed by atoms with Crippen LogP contribution >= 0.6 is 0 Å². The van der Waals surface area contributed by atoms with Gasteiger partial charge >= 0.3 is 0 Å². The number of nitrogens with one attached hydrogen (secondary N) is 3. The lowest BCUT2D eigenvalue weighted by Gasteiger charge is -2.26. The van der Waals surface area contributed by atoms with Gasteiger partial charge in [-0.2, -0.15) is 5.10 Å². The Bertz CT molecular complexity index is 1590. The first kappa shape index (κ1) is 25.1. The number of aryl methyl sites for hydroxylation is 1. The summed E-state index contributed by atoms with van der Waals surface area (Å²) < 4.78 is 40.8. The number of sulfonamides is 1. The third kappa shape index (κ3) is 5.29. The number of phenols is 1. The van der Waals surface area contributed by atoms with Gasteiger partial charge in [-0.1, -0.05) is 25.1 Å². The van der Waals surface area contributed by atoms with Gasteiger partial charge in [-0.05, 0) is 47.7 Å². The number of aromatic amines is 2.